The van der Waals surface area contributed by atoms with Crippen LogP contribution in [-0.4, -0.2) is 52.0 Å². The molecule has 1 fully saturated rings. The summed E-state index contributed by atoms with van der Waals surface area (Å²) in [7, 11) is 1.83. The van der Waals surface area contributed by atoms with Crippen LogP contribution in [-0.2, 0) is 4.79 Å². The SMILES string of the molecule is C=CC(=O)NC1CCN(c2ncc3ncnc(Nc4ccc(Oc5ccc(NC)c(NN)c5)c(C)c4)c3n2)CC1. The van der Waals surface area contributed by atoms with Gasteiger partial charge in [0.2, 0.25) is 11.9 Å². The standard InChI is InChI=1S/C28H32N10O2/c1-4-25(39)34-18-9-11-38(12-10-18)28-31-15-23-26(36-28)27(33-16-32-23)35-19-5-8-24(17(2)13-19)40-20-6-7-21(30-3)22(14-20)37-29/h4-8,13-16,18,30,37H,1,9-12,29H2,2-3H3,(H,34,39)(H,32,33,35). The third kappa shape index (κ3) is 5.86. The second-order valence-electron chi connectivity index (χ2n) is 9.41. The van der Waals surface area contributed by atoms with Gasteiger partial charge in [-0.1, -0.05) is 6.58 Å². The number of hydrogen-bond donors (Lipinski definition) is 5. The van der Waals surface area contributed by atoms with Crippen molar-refractivity contribution in [3.63, 3.8) is 0 Å². The number of fused-ring (bicyclic) bond motifs is 1. The largest absolute Gasteiger partial charge is 0.457 e. The van der Waals surface area contributed by atoms with E-state index >= 15 is 0 Å². The number of nitrogens with two attached hydrogens (primary N) is 1. The molecule has 1 aliphatic rings. The Morgan fingerprint density at radius 1 is 1.12 bits per heavy atom. The molecule has 5 rings (SSSR count). The zero-order valence-corrected chi connectivity index (χ0v) is 22.4. The Morgan fingerprint density at radius 3 is 2.67 bits per heavy atom. The first kappa shape index (κ1) is 26.6. The van der Waals surface area contributed by atoms with Crippen molar-refractivity contribution in [3.8, 4) is 11.5 Å². The van der Waals surface area contributed by atoms with Crippen LogP contribution in [0.1, 0.15) is 18.4 Å². The predicted octanol–water partition coefficient (Wildman–Crippen LogP) is 3.86. The van der Waals surface area contributed by atoms with Gasteiger partial charge in [0.05, 0.1) is 17.6 Å². The molecule has 0 unspecified atom stereocenters. The van der Waals surface area contributed by atoms with Crippen molar-refractivity contribution < 1.29 is 9.53 Å². The van der Waals surface area contributed by atoms with Gasteiger partial charge in [-0.2, -0.15) is 0 Å². The first-order valence-corrected chi connectivity index (χ1v) is 13.0. The summed E-state index contributed by atoms with van der Waals surface area (Å²) in [4.78, 5) is 31.9. The van der Waals surface area contributed by atoms with Gasteiger partial charge in [-0.3, -0.25) is 10.6 Å². The summed E-state index contributed by atoms with van der Waals surface area (Å²) >= 11 is 0. The molecule has 1 saturated heterocycles. The van der Waals surface area contributed by atoms with E-state index in [-0.39, 0.29) is 11.9 Å². The van der Waals surface area contributed by atoms with E-state index in [9.17, 15) is 4.79 Å². The zero-order chi connectivity index (χ0) is 28.1. The summed E-state index contributed by atoms with van der Waals surface area (Å²) < 4.78 is 6.11. The smallest absolute Gasteiger partial charge is 0.243 e. The molecule has 206 valence electrons. The summed E-state index contributed by atoms with van der Waals surface area (Å²) in [5.41, 5.74) is 7.31. The van der Waals surface area contributed by atoms with Crippen LogP contribution >= 0.6 is 0 Å². The molecule has 0 radical (unpaired) electrons. The van der Waals surface area contributed by atoms with Gasteiger partial charge in [0.1, 0.15) is 28.9 Å². The van der Waals surface area contributed by atoms with Crippen LogP contribution in [0.25, 0.3) is 11.0 Å². The van der Waals surface area contributed by atoms with E-state index in [0.29, 0.717) is 28.5 Å². The summed E-state index contributed by atoms with van der Waals surface area (Å²) in [5.74, 6) is 8.05. The van der Waals surface area contributed by atoms with Gasteiger partial charge < -0.3 is 31.0 Å². The van der Waals surface area contributed by atoms with Crippen molar-refractivity contribution in [1.29, 1.82) is 0 Å². The number of nitrogens with zero attached hydrogens (tertiary/aromatic N) is 5. The summed E-state index contributed by atoms with van der Waals surface area (Å²) in [6.45, 7) is 6.95. The number of amides is 1. The summed E-state index contributed by atoms with van der Waals surface area (Å²) in [5, 5.41) is 9.41. The number of hydrogen-bond acceptors (Lipinski definition) is 11. The van der Waals surface area contributed by atoms with Gasteiger partial charge in [-0.15, -0.1) is 0 Å². The molecule has 0 bridgehead atoms. The van der Waals surface area contributed by atoms with E-state index in [2.05, 4.69) is 47.8 Å². The van der Waals surface area contributed by atoms with Gasteiger partial charge in [-0.25, -0.2) is 19.9 Å². The molecule has 0 saturated carbocycles. The molecule has 12 nitrogen and oxygen atoms in total. The van der Waals surface area contributed by atoms with Gasteiger partial charge in [0, 0.05) is 37.9 Å². The van der Waals surface area contributed by atoms with E-state index < -0.39 is 0 Å². The predicted molar refractivity (Wildman–Crippen MR) is 157 cm³/mol. The Morgan fingerprint density at radius 2 is 1.95 bits per heavy atom. The highest BCUT2D eigenvalue weighted by Gasteiger charge is 2.22. The van der Waals surface area contributed by atoms with Crippen molar-refractivity contribution in [1.82, 2.24) is 25.3 Å². The van der Waals surface area contributed by atoms with Crippen LogP contribution in [0.15, 0.2) is 61.6 Å². The van der Waals surface area contributed by atoms with E-state index in [0.717, 1.165) is 54.3 Å². The lowest BCUT2D eigenvalue weighted by atomic mass is 10.1. The number of carbonyl (C=O) groups is 1. The van der Waals surface area contributed by atoms with E-state index in [1.165, 1.54) is 12.4 Å². The minimum atomic E-state index is -0.149. The zero-order valence-electron chi connectivity index (χ0n) is 22.4. The van der Waals surface area contributed by atoms with Crippen LogP contribution in [0.3, 0.4) is 0 Å². The second kappa shape index (κ2) is 11.8. The highest BCUT2D eigenvalue weighted by molar-refractivity contribution is 5.88. The molecule has 3 heterocycles. The molecule has 6 N–H and O–H groups in total. The number of ether oxygens (including phenoxy) is 1. The van der Waals surface area contributed by atoms with Crippen LogP contribution in [0.4, 0.5) is 28.8 Å². The van der Waals surface area contributed by atoms with E-state index in [1.54, 1.807) is 6.20 Å². The molecule has 0 atom stereocenters. The van der Waals surface area contributed by atoms with Crippen molar-refractivity contribution in [2.24, 2.45) is 5.84 Å². The number of nitrogen functional groups attached to an aromatic ring is 1. The third-order valence-electron chi connectivity index (χ3n) is 6.76. The van der Waals surface area contributed by atoms with E-state index in [1.807, 2.05) is 50.4 Å². The number of anilines is 5. The molecule has 4 aromatic rings. The molecule has 0 aliphatic carbocycles. The van der Waals surface area contributed by atoms with Gasteiger partial charge >= 0.3 is 0 Å². The number of nitrogens with one attached hydrogen (secondary N) is 4. The Balaban J connectivity index is 1.31. The van der Waals surface area contributed by atoms with Gasteiger partial charge in [-0.05, 0) is 61.7 Å². The molecular weight excluding hydrogens is 508 g/mol. The van der Waals surface area contributed by atoms with Crippen molar-refractivity contribution in [2.45, 2.75) is 25.8 Å². The minimum Gasteiger partial charge on any atom is -0.457 e. The fourth-order valence-corrected chi connectivity index (χ4v) is 4.60. The lowest BCUT2D eigenvalue weighted by Gasteiger charge is -2.32. The third-order valence-corrected chi connectivity index (χ3v) is 6.76. The van der Waals surface area contributed by atoms with Crippen LogP contribution < -0.4 is 36.9 Å². The fraction of sp³-hybridized carbons (Fsp3) is 0.250. The number of benzene rings is 2. The molecule has 1 aliphatic heterocycles. The first-order valence-electron chi connectivity index (χ1n) is 13.0. The molecule has 0 spiro atoms. The molecule has 12 heteroatoms. The Kier molecular flexibility index (Phi) is 7.87. The van der Waals surface area contributed by atoms with Gasteiger partial charge in [0.25, 0.3) is 0 Å². The number of rotatable bonds is 9. The number of aromatic nitrogens is 4. The average molecular weight is 541 g/mol. The normalized spacial score (nSPS) is 13.5. The van der Waals surface area contributed by atoms with Crippen molar-refractivity contribution >= 4 is 45.8 Å². The monoisotopic (exact) mass is 540 g/mol. The van der Waals surface area contributed by atoms with Crippen LogP contribution in [0.5, 0.6) is 11.5 Å². The summed E-state index contributed by atoms with van der Waals surface area (Å²) in [6.07, 6.45) is 6.10. The molecule has 2 aromatic carbocycles. The average Bonchev–Trinajstić information content (AvgIpc) is 2.98. The first-order chi connectivity index (χ1) is 19.5. The highest BCUT2D eigenvalue weighted by atomic mass is 16.5. The maximum Gasteiger partial charge on any atom is 0.243 e. The number of hydrazine groups is 1. The van der Waals surface area contributed by atoms with Crippen molar-refractivity contribution in [3.05, 3.63) is 67.1 Å². The minimum absolute atomic E-state index is 0.116. The molecular formula is C28H32N10O2. The Bertz CT molecular complexity index is 1540. The van der Waals surface area contributed by atoms with Crippen molar-refractivity contribution in [2.75, 3.05) is 41.1 Å². The van der Waals surface area contributed by atoms with Crippen LogP contribution in [0.2, 0.25) is 0 Å². The topological polar surface area (TPSA) is 155 Å². The Hall–Kier alpha value is -4.97. The number of aryl methyl sites for hydroxylation is 1. The van der Waals surface area contributed by atoms with E-state index in [4.69, 9.17) is 15.6 Å². The number of carbonyl (C=O) groups excluding carboxylic acids is 1. The second-order valence-corrected chi connectivity index (χ2v) is 9.41. The lowest BCUT2D eigenvalue weighted by Crippen LogP contribution is -2.44. The molecule has 2 aromatic heterocycles. The molecule has 1 amide bonds. The maximum atomic E-state index is 11.6. The van der Waals surface area contributed by atoms with Gasteiger partial charge in [0.15, 0.2) is 5.82 Å². The van der Waals surface area contributed by atoms with Crippen LogP contribution in [0, 0.1) is 6.92 Å². The highest BCUT2D eigenvalue weighted by Crippen LogP contribution is 2.33. The maximum absolute atomic E-state index is 11.6. The quantitative estimate of drug-likeness (QED) is 0.119. The fourth-order valence-electron chi connectivity index (χ4n) is 4.60. The lowest BCUT2D eigenvalue weighted by molar-refractivity contribution is -0.117. The molecule has 40 heavy (non-hydrogen) atoms. The number of piperidine rings is 1. The summed E-state index contributed by atoms with van der Waals surface area (Å²) in [6, 6.07) is 11.5. The Labute approximate surface area is 232 Å².